The summed E-state index contributed by atoms with van der Waals surface area (Å²) in [6, 6.07) is 3.29. The van der Waals surface area contributed by atoms with E-state index in [1.165, 1.54) is 14.2 Å². The first-order chi connectivity index (χ1) is 11.8. The maximum atomic E-state index is 12.5. The second kappa shape index (κ2) is 9.71. The van der Waals surface area contributed by atoms with E-state index in [0.29, 0.717) is 29.9 Å². The molecule has 0 radical (unpaired) electrons. The van der Waals surface area contributed by atoms with Gasteiger partial charge in [-0.25, -0.2) is 0 Å². The Labute approximate surface area is 148 Å². The number of aliphatic carboxylic acids is 1. The van der Waals surface area contributed by atoms with E-state index in [0.717, 1.165) is 5.56 Å². The minimum atomic E-state index is -0.909. The smallest absolute Gasteiger partial charge is 0.308 e. The van der Waals surface area contributed by atoms with Crippen LogP contribution in [0.5, 0.6) is 11.5 Å². The van der Waals surface area contributed by atoms with Gasteiger partial charge in [0.05, 0.1) is 20.1 Å². The predicted octanol–water partition coefficient (Wildman–Crippen LogP) is 2.91. The third-order valence-corrected chi connectivity index (χ3v) is 3.80. The quantitative estimate of drug-likeness (QED) is 0.635. The van der Waals surface area contributed by atoms with Crippen molar-refractivity contribution in [3.05, 3.63) is 35.9 Å². The average Bonchev–Trinajstić information content (AvgIpc) is 2.57. The van der Waals surface area contributed by atoms with Gasteiger partial charge in [0.2, 0.25) is 0 Å². The summed E-state index contributed by atoms with van der Waals surface area (Å²) in [5.41, 5.74) is 1.17. The zero-order valence-electron chi connectivity index (χ0n) is 15.3. The fourth-order valence-corrected chi connectivity index (χ4v) is 2.64. The summed E-state index contributed by atoms with van der Waals surface area (Å²) in [6.07, 6.45) is 2.73. The van der Waals surface area contributed by atoms with E-state index in [9.17, 15) is 14.7 Å². The summed E-state index contributed by atoms with van der Waals surface area (Å²) in [4.78, 5) is 23.8. The number of benzene rings is 1. The lowest BCUT2D eigenvalue weighted by molar-refractivity contribution is -0.142. The maximum Gasteiger partial charge on any atom is 0.308 e. The van der Waals surface area contributed by atoms with E-state index in [1.54, 1.807) is 18.2 Å². The molecule has 1 amide bonds. The lowest BCUT2D eigenvalue weighted by atomic mass is 9.97. The molecule has 0 saturated carbocycles. The molecule has 138 valence electrons. The summed E-state index contributed by atoms with van der Waals surface area (Å²) in [5.74, 6) is -0.629. The molecule has 6 nitrogen and oxygen atoms in total. The van der Waals surface area contributed by atoms with Crippen molar-refractivity contribution in [2.45, 2.75) is 26.7 Å². The lowest BCUT2D eigenvalue weighted by Gasteiger charge is -2.17. The largest absolute Gasteiger partial charge is 0.493 e. The molecule has 0 aliphatic carbocycles. The van der Waals surface area contributed by atoms with Gasteiger partial charge in [0.15, 0.2) is 11.5 Å². The molecule has 6 heteroatoms. The van der Waals surface area contributed by atoms with E-state index in [4.69, 9.17) is 9.47 Å². The summed E-state index contributed by atoms with van der Waals surface area (Å²) < 4.78 is 10.6. The zero-order chi connectivity index (χ0) is 19.0. The molecule has 2 N–H and O–H groups in total. The lowest BCUT2D eigenvalue weighted by Crippen LogP contribution is -2.33. The van der Waals surface area contributed by atoms with E-state index in [2.05, 4.69) is 11.9 Å². The van der Waals surface area contributed by atoms with Crippen LogP contribution < -0.4 is 14.8 Å². The molecule has 0 aromatic heterocycles. The maximum absolute atomic E-state index is 12.5. The molecule has 1 aromatic carbocycles. The molecule has 0 heterocycles. The van der Waals surface area contributed by atoms with E-state index in [-0.39, 0.29) is 18.4 Å². The first-order valence-corrected chi connectivity index (χ1v) is 8.20. The number of methoxy groups -OCH3 is 2. The van der Waals surface area contributed by atoms with Crippen molar-refractivity contribution in [1.82, 2.24) is 5.32 Å². The summed E-state index contributed by atoms with van der Waals surface area (Å²) in [6.45, 7) is 7.69. The SMILES string of the molecule is C=CCc1cc(C(=O)NCC(CC(C)C)C(=O)O)cc(OC)c1OC. The van der Waals surface area contributed by atoms with Crippen LogP contribution in [0.25, 0.3) is 0 Å². The Kier molecular flexibility index (Phi) is 7.98. The Morgan fingerprint density at radius 3 is 2.44 bits per heavy atom. The molecule has 1 aromatic rings. The van der Waals surface area contributed by atoms with Crippen LogP contribution in [-0.2, 0) is 11.2 Å². The van der Waals surface area contributed by atoms with E-state index < -0.39 is 11.9 Å². The number of hydrogen-bond donors (Lipinski definition) is 2. The fraction of sp³-hybridized carbons (Fsp3) is 0.474. The van der Waals surface area contributed by atoms with Gasteiger partial charge in [-0.15, -0.1) is 6.58 Å². The molecule has 1 unspecified atom stereocenters. The van der Waals surface area contributed by atoms with Gasteiger partial charge in [-0.3, -0.25) is 9.59 Å². The van der Waals surface area contributed by atoms with Crippen LogP contribution in [-0.4, -0.2) is 37.7 Å². The standard InChI is InChI=1S/C19H27NO5/c1-6-7-13-9-14(10-16(24-4)17(13)25-5)18(21)20-11-15(19(22)23)8-12(2)3/h6,9-10,12,15H,1,7-8,11H2,2-5H3,(H,20,21)(H,22,23). The third kappa shape index (κ3) is 5.81. The van der Waals surface area contributed by atoms with E-state index in [1.807, 2.05) is 13.8 Å². The van der Waals surface area contributed by atoms with Crippen molar-refractivity contribution < 1.29 is 24.2 Å². The third-order valence-electron chi connectivity index (χ3n) is 3.80. The number of ether oxygens (including phenoxy) is 2. The zero-order valence-corrected chi connectivity index (χ0v) is 15.3. The molecule has 0 bridgehead atoms. The van der Waals surface area contributed by atoms with Crippen LogP contribution in [0.15, 0.2) is 24.8 Å². The van der Waals surface area contributed by atoms with Gasteiger partial charge < -0.3 is 19.9 Å². The first-order valence-electron chi connectivity index (χ1n) is 8.20. The highest BCUT2D eigenvalue weighted by Gasteiger charge is 2.21. The van der Waals surface area contributed by atoms with E-state index >= 15 is 0 Å². The minimum absolute atomic E-state index is 0.0808. The van der Waals surface area contributed by atoms with Crippen molar-refractivity contribution in [2.75, 3.05) is 20.8 Å². The molecular formula is C19H27NO5. The summed E-state index contributed by atoms with van der Waals surface area (Å²) in [5, 5.41) is 12.0. The summed E-state index contributed by atoms with van der Waals surface area (Å²) in [7, 11) is 3.04. The second-order valence-electron chi connectivity index (χ2n) is 6.24. The Balaban J connectivity index is 2.98. The monoisotopic (exact) mass is 349 g/mol. The molecule has 25 heavy (non-hydrogen) atoms. The van der Waals surface area contributed by atoms with Gasteiger partial charge in [-0.1, -0.05) is 19.9 Å². The van der Waals surface area contributed by atoms with Gasteiger partial charge >= 0.3 is 5.97 Å². The van der Waals surface area contributed by atoms with Gasteiger partial charge in [-0.05, 0) is 30.9 Å². The van der Waals surface area contributed by atoms with Crippen LogP contribution in [0.1, 0.15) is 36.2 Å². The van der Waals surface area contributed by atoms with Crippen molar-refractivity contribution in [3.63, 3.8) is 0 Å². The van der Waals surface area contributed by atoms with Crippen LogP contribution in [0.2, 0.25) is 0 Å². The predicted molar refractivity (Wildman–Crippen MR) is 96.4 cm³/mol. The number of allylic oxidation sites excluding steroid dienone is 1. The molecule has 0 spiro atoms. The Morgan fingerprint density at radius 1 is 1.28 bits per heavy atom. The number of carboxylic acids is 1. The molecule has 1 rings (SSSR count). The molecule has 0 aliphatic heterocycles. The Bertz CT molecular complexity index is 624. The number of hydrogen-bond acceptors (Lipinski definition) is 4. The number of carboxylic acid groups (broad SMARTS) is 1. The van der Waals surface area contributed by atoms with Gasteiger partial charge in [0.1, 0.15) is 0 Å². The van der Waals surface area contributed by atoms with Crippen molar-refractivity contribution in [1.29, 1.82) is 0 Å². The fourth-order valence-electron chi connectivity index (χ4n) is 2.64. The second-order valence-corrected chi connectivity index (χ2v) is 6.24. The molecule has 0 aliphatic rings. The van der Waals surface area contributed by atoms with Crippen LogP contribution >= 0.6 is 0 Å². The highest BCUT2D eigenvalue weighted by molar-refractivity contribution is 5.95. The van der Waals surface area contributed by atoms with Gasteiger partial charge in [0.25, 0.3) is 5.91 Å². The van der Waals surface area contributed by atoms with Gasteiger partial charge in [-0.2, -0.15) is 0 Å². The van der Waals surface area contributed by atoms with Crippen molar-refractivity contribution in [3.8, 4) is 11.5 Å². The molecule has 0 saturated heterocycles. The number of carbonyl (C=O) groups is 2. The molecule has 0 fully saturated rings. The van der Waals surface area contributed by atoms with Crippen LogP contribution in [0.3, 0.4) is 0 Å². The highest BCUT2D eigenvalue weighted by Crippen LogP contribution is 2.33. The normalized spacial score (nSPS) is 11.7. The first kappa shape index (κ1) is 20.5. The highest BCUT2D eigenvalue weighted by atomic mass is 16.5. The van der Waals surface area contributed by atoms with Crippen molar-refractivity contribution >= 4 is 11.9 Å². The molecule has 1 atom stereocenters. The minimum Gasteiger partial charge on any atom is -0.493 e. The molecular weight excluding hydrogens is 322 g/mol. The Morgan fingerprint density at radius 2 is 1.96 bits per heavy atom. The topological polar surface area (TPSA) is 84.9 Å². The van der Waals surface area contributed by atoms with Crippen molar-refractivity contribution in [2.24, 2.45) is 11.8 Å². The summed E-state index contributed by atoms with van der Waals surface area (Å²) >= 11 is 0. The Hall–Kier alpha value is -2.50. The van der Waals surface area contributed by atoms with Gasteiger partial charge in [0, 0.05) is 17.7 Å². The number of rotatable bonds is 10. The number of carbonyl (C=O) groups excluding carboxylic acids is 1. The average molecular weight is 349 g/mol. The van der Waals surface area contributed by atoms with Crippen LogP contribution in [0, 0.1) is 11.8 Å². The number of amides is 1. The van der Waals surface area contributed by atoms with Crippen LogP contribution in [0.4, 0.5) is 0 Å². The number of nitrogens with one attached hydrogen (secondary N) is 1.